The van der Waals surface area contributed by atoms with Gasteiger partial charge in [-0.25, -0.2) is 4.98 Å². The van der Waals surface area contributed by atoms with Gasteiger partial charge in [-0.3, -0.25) is 4.79 Å². The first-order valence-corrected chi connectivity index (χ1v) is 9.05. The number of nitrogens with zero attached hydrogens (tertiary/aromatic N) is 1. The maximum Gasteiger partial charge on any atom is 0.275 e. The molecule has 0 aliphatic carbocycles. The highest BCUT2D eigenvalue weighted by molar-refractivity contribution is 7.14. The summed E-state index contributed by atoms with van der Waals surface area (Å²) in [6.45, 7) is 6.02. The van der Waals surface area contributed by atoms with E-state index in [1.165, 1.54) is 16.9 Å². The Labute approximate surface area is 155 Å². The van der Waals surface area contributed by atoms with Crippen molar-refractivity contribution in [2.75, 3.05) is 10.6 Å². The number of carbonyl (C=O) groups is 1. The normalized spacial score (nSPS) is 10.6. The van der Waals surface area contributed by atoms with Crippen molar-refractivity contribution in [1.29, 1.82) is 0 Å². The average Bonchev–Trinajstić information content (AvgIpc) is 2.99. The monoisotopic (exact) mass is 371 g/mol. The van der Waals surface area contributed by atoms with Gasteiger partial charge in [-0.15, -0.1) is 11.3 Å². The molecule has 0 aliphatic heterocycles. The lowest BCUT2D eigenvalue weighted by atomic mass is 10.1. The topological polar surface area (TPSA) is 54.0 Å². The SMILES string of the molecule is Cc1cc(C)c(NC(=O)c2csc(Nc3cccc(Cl)c3)n2)c(C)c1. The van der Waals surface area contributed by atoms with Gasteiger partial charge in [0.05, 0.1) is 0 Å². The second-order valence-corrected chi connectivity index (χ2v) is 7.20. The molecular weight excluding hydrogens is 354 g/mol. The van der Waals surface area contributed by atoms with E-state index in [9.17, 15) is 4.79 Å². The first kappa shape index (κ1) is 17.5. The predicted molar refractivity (Wildman–Crippen MR) is 105 cm³/mol. The van der Waals surface area contributed by atoms with Gasteiger partial charge in [-0.1, -0.05) is 35.4 Å². The van der Waals surface area contributed by atoms with Gasteiger partial charge in [0, 0.05) is 21.8 Å². The Bertz CT molecular complexity index is 913. The number of aromatic nitrogens is 1. The number of hydrogen-bond acceptors (Lipinski definition) is 4. The number of nitrogens with one attached hydrogen (secondary N) is 2. The third kappa shape index (κ3) is 4.18. The number of anilines is 3. The summed E-state index contributed by atoms with van der Waals surface area (Å²) < 4.78 is 0. The second-order valence-electron chi connectivity index (χ2n) is 5.90. The molecule has 128 valence electrons. The lowest BCUT2D eigenvalue weighted by Gasteiger charge is -2.11. The number of aryl methyl sites for hydroxylation is 3. The molecule has 0 aliphatic rings. The fourth-order valence-electron chi connectivity index (χ4n) is 2.68. The van der Waals surface area contributed by atoms with E-state index in [4.69, 9.17) is 11.6 Å². The van der Waals surface area contributed by atoms with E-state index in [0.717, 1.165) is 22.5 Å². The fraction of sp³-hybridized carbons (Fsp3) is 0.158. The third-order valence-corrected chi connectivity index (χ3v) is 4.72. The Morgan fingerprint density at radius 1 is 1.12 bits per heavy atom. The molecule has 2 aromatic carbocycles. The Kier molecular flexibility index (Phi) is 5.06. The van der Waals surface area contributed by atoms with Crippen LogP contribution in [0.25, 0.3) is 0 Å². The van der Waals surface area contributed by atoms with E-state index in [0.29, 0.717) is 15.8 Å². The Morgan fingerprint density at radius 2 is 1.84 bits per heavy atom. The molecule has 0 fully saturated rings. The van der Waals surface area contributed by atoms with E-state index >= 15 is 0 Å². The van der Waals surface area contributed by atoms with Gasteiger partial charge in [0.1, 0.15) is 5.69 Å². The maximum absolute atomic E-state index is 12.5. The summed E-state index contributed by atoms with van der Waals surface area (Å²) >= 11 is 7.35. The maximum atomic E-state index is 12.5. The molecule has 3 aromatic rings. The summed E-state index contributed by atoms with van der Waals surface area (Å²) in [6, 6.07) is 11.5. The fourth-order valence-corrected chi connectivity index (χ4v) is 3.58. The van der Waals surface area contributed by atoms with Crippen LogP contribution in [0.1, 0.15) is 27.2 Å². The van der Waals surface area contributed by atoms with Crippen LogP contribution in [0.4, 0.5) is 16.5 Å². The molecule has 4 nitrogen and oxygen atoms in total. The van der Waals surface area contributed by atoms with Gasteiger partial charge >= 0.3 is 0 Å². The second kappa shape index (κ2) is 7.25. The van der Waals surface area contributed by atoms with Crippen LogP contribution in [0, 0.1) is 20.8 Å². The van der Waals surface area contributed by atoms with Crippen molar-refractivity contribution in [2.45, 2.75) is 20.8 Å². The van der Waals surface area contributed by atoms with Crippen molar-refractivity contribution >= 4 is 45.4 Å². The number of thiazole rings is 1. The molecule has 1 amide bonds. The number of hydrogen-bond donors (Lipinski definition) is 2. The molecule has 25 heavy (non-hydrogen) atoms. The summed E-state index contributed by atoms with van der Waals surface area (Å²) in [5, 5.41) is 9.15. The first-order valence-electron chi connectivity index (χ1n) is 7.79. The van der Waals surface area contributed by atoms with Gasteiger partial charge in [-0.05, 0) is 50.1 Å². The van der Waals surface area contributed by atoms with Crippen LogP contribution in [0.2, 0.25) is 5.02 Å². The van der Waals surface area contributed by atoms with Gasteiger partial charge in [0.2, 0.25) is 0 Å². The van der Waals surface area contributed by atoms with E-state index in [-0.39, 0.29) is 5.91 Å². The van der Waals surface area contributed by atoms with Crippen LogP contribution in [-0.4, -0.2) is 10.9 Å². The number of amides is 1. The van der Waals surface area contributed by atoms with Gasteiger partial charge in [0.15, 0.2) is 5.13 Å². The van der Waals surface area contributed by atoms with Crippen LogP contribution in [0.5, 0.6) is 0 Å². The summed E-state index contributed by atoms with van der Waals surface area (Å²) in [5.74, 6) is -0.217. The van der Waals surface area contributed by atoms with Crippen molar-refractivity contribution in [1.82, 2.24) is 4.98 Å². The van der Waals surface area contributed by atoms with Gasteiger partial charge < -0.3 is 10.6 Å². The van der Waals surface area contributed by atoms with Crippen molar-refractivity contribution in [3.63, 3.8) is 0 Å². The summed E-state index contributed by atoms with van der Waals surface area (Å²) in [5.41, 5.74) is 5.31. The zero-order valence-corrected chi connectivity index (χ0v) is 15.8. The van der Waals surface area contributed by atoms with Gasteiger partial charge in [0.25, 0.3) is 5.91 Å². The summed E-state index contributed by atoms with van der Waals surface area (Å²) in [6.07, 6.45) is 0. The van der Waals surface area contributed by atoms with E-state index < -0.39 is 0 Å². The molecular formula is C19H18ClN3OS. The van der Waals surface area contributed by atoms with Crippen LogP contribution >= 0.6 is 22.9 Å². The summed E-state index contributed by atoms with van der Waals surface area (Å²) in [7, 11) is 0. The molecule has 0 bridgehead atoms. The zero-order valence-electron chi connectivity index (χ0n) is 14.2. The third-order valence-electron chi connectivity index (χ3n) is 3.73. The highest BCUT2D eigenvalue weighted by Gasteiger charge is 2.14. The first-order chi connectivity index (χ1) is 11.9. The largest absolute Gasteiger partial charge is 0.331 e. The Hall–Kier alpha value is -2.37. The number of benzene rings is 2. The van der Waals surface area contributed by atoms with Crippen LogP contribution in [-0.2, 0) is 0 Å². The molecule has 2 N–H and O–H groups in total. The van der Waals surface area contributed by atoms with E-state index in [1.54, 1.807) is 11.4 Å². The van der Waals surface area contributed by atoms with Crippen molar-refractivity contribution in [2.24, 2.45) is 0 Å². The Morgan fingerprint density at radius 3 is 2.52 bits per heavy atom. The standard InChI is InChI=1S/C19H18ClN3OS/c1-11-7-12(2)17(13(3)8-11)23-18(24)16-10-25-19(22-16)21-15-6-4-5-14(20)9-15/h4-10H,1-3H3,(H,21,22)(H,23,24). The Balaban J connectivity index is 1.75. The van der Waals surface area contributed by atoms with Gasteiger partial charge in [-0.2, -0.15) is 0 Å². The average molecular weight is 372 g/mol. The molecule has 0 radical (unpaired) electrons. The quantitative estimate of drug-likeness (QED) is 0.616. The zero-order chi connectivity index (χ0) is 18.0. The number of carbonyl (C=O) groups excluding carboxylic acids is 1. The van der Waals surface area contributed by atoms with Crippen LogP contribution in [0.3, 0.4) is 0 Å². The van der Waals surface area contributed by atoms with E-state index in [2.05, 4.69) is 27.8 Å². The van der Waals surface area contributed by atoms with Crippen LogP contribution in [0.15, 0.2) is 41.8 Å². The number of rotatable bonds is 4. The molecule has 3 rings (SSSR count). The molecule has 0 atom stereocenters. The minimum atomic E-state index is -0.217. The molecule has 0 saturated carbocycles. The predicted octanol–water partition coefficient (Wildman–Crippen LogP) is 5.72. The number of halogens is 1. The molecule has 1 aromatic heterocycles. The molecule has 0 saturated heterocycles. The van der Waals surface area contributed by atoms with Crippen molar-refractivity contribution < 1.29 is 4.79 Å². The van der Waals surface area contributed by atoms with Crippen molar-refractivity contribution in [3.05, 3.63) is 69.2 Å². The van der Waals surface area contributed by atoms with Crippen molar-refractivity contribution in [3.8, 4) is 0 Å². The van der Waals surface area contributed by atoms with E-state index in [1.807, 2.05) is 39.0 Å². The lowest BCUT2D eigenvalue weighted by molar-refractivity contribution is 0.102. The minimum Gasteiger partial charge on any atom is -0.331 e. The molecule has 0 unspecified atom stereocenters. The molecule has 1 heterocycles. The highest BCUT2D eigenvalue weighted by atomic mass is 35.5. The molecule has 0 spiro atoms. The lowest BCUT2D eigenvalue weighted by Crippen LogP contribution is -2.14. The minimum absolute atomic E-state index is 0.217. The summed E-state index contributed by atoms with van der Waals surface area (Å²) in [4.78, 5) is 16.9. The molecule has 6 heteroatoms. The highest BCUT2D eigenvalue weighted by Crippen LogP contribution is 2.25. The smallest absolute Gasteiger partial charge is 0.275 e. The van der Waals surface area contributed by atoms with Crippen LogP contribution < -0.4 is 10.6 Å².